The number of alkyl halides is 3. The molecule has 1 unspecified atom stereocenters. The molecule has 98 valence electrons. The van der Waals surface area contributed by atoms with Gasteiger partial charge in [-0.1, -0.05) is 12.1 Å². The third kappa shape index (κ3) is 3.42. The topological polar surface area (TPSA) is 58.6 Å². The molecular weight excluding hydrogens is 276 g/mol. The van der Waals surface area contributed by atoms with Crippen LogP contribution in [0.1, 0.15) is 12.0 Å². The summed E-state index contributed by atoms with van der Waals surface area (Å²) in [6.45, 7) is 0.273. The molecule has 2 rings (SSSR count). The molecule has 0 bridgehead atoms. The van der Waals surface area contributed by atoms with E-state index in [4.69, 9.17) is 4.74 Å². The minimum absolute atomic E-state index is 0. The van der Waals surface area contributed by atoms with Crippen molar-refractivity contribution >= 4 is 5.97 Å². The predicted octanol–water partition coefficient (Wildman–Crippen LogP) is -2.05. The molecule has 19 heavy (non-hydrogen) atoms. The van der Waals surface area contributed by atoms with Crippen LogP contribution in [0, 0.1) is 0 Å². The number of carboxylic acid groups (broad SMARTS) is 1. The molecule has 1 aliphatic heterocycles. The summed E-state index contributed by atoms with van der Waals surface area (Å²) in [5.41, 5.74) is -1.31. The van der Waals surface area contributed by atoms with Crippen LogP contribution in [-0.4, -0.2) is 18.9 Å². The number of carbonyl (C=O) groups excluding carboxylic acids is 1. The summed E-state index contributed by atoms with van der Waals surface area (Å²) in [6.07, 6.45) is -4.55. The van der Waals surface area contributed by atoms with Gasteiger partial charge in [-0.3, -0.25) is 0 Å². The van der Waals surface area contributed by atoms with E-state index in [2.05, 4.69) is 4.74 Å². The van der Waals surface area contributed by atoms with E-state index in [-0.39, 0.29) is 48.1 Å². The number of hydrogen-bond donors (Lipinski definition) is 0. The summed E-state index contributed by atoms with van der Waals surface area (Å²) in [4.78, 5) is 11.0. The number of carboxylic acids is 1. The molecule has 1 aromatic rings. The van der Waals surface area contributed by atoms with Crippen LogP contribution >= 0.6 is 0 Å². The second-order valence-corrected chi connectivity index (χ2v) is 3.79. The summed E-state index contributed by atoms with van der Waals surface area (Å²) in [5.74, 6) is -1.82. The van der Waals surface area contributed by atoms with Crippen LogP contribution < -0.4 is 39.4 Å². The minimum atomic E-state index is -4.78. The molecule has 0 amide bonds. The molecule has 1 aliphatic rings. The van der Waals surface area contributed by atoms with Gasteiger partial charge in [0.15, 0.2) is 0 Å². The molecular formula is C11H8F3NaO4. The van der Waals surface area contributed by atoms with Gasteiger partial charge in [-0.05, 0) is 17.7 Å². The van der Waals surface area contributed by atoms with Gasteiger partial charge in [0.05, 0.1) is 12.6 Å². The monoisotopic (exact) mass is 284 g/mol. The first-order valence-corrected chi connectivity index (χ1v) is 5.05. The number of carbonyl (C=O) groups is 1. The van der Waals surface area contributed by atoms with Gasteiger partial charge >= 0.3 is 35.9 Å². The number of hydrogen-bond acceptors (Lipinski definition) is 4. The number of aliphatic carboxylic acids is 1. The van der Waals surface area contributed by atoms with Gasteiger partial charge in [0, 0.05) is 6.42 Å². The van der Waals surface area contributed by atoms with Crippen molar-refractivity contribution < 1.29 is 62.1 Å². The molecule has 0 spiro atoms. The van der Waals surface area contributed by atoms with E-state index in [9.17, 15) is 23.1 Å². The van der Waals surface area contributed by atoms with Crippen molar-refractivity contribution in [3.63, 3.8) is 0 Å². The number of ether oxygens (including phenoxy) is 2. The Morgan fingerprint density at radius 3 is 2.16 bits per heavy atom. The van der Waals surface area contributed by atoms with Gasteiger partial charge in [-0.2, -0.15) is 0 Å². The van der Waals surface area contributed by atoms with E-state index in [1.807, 2.05) is 0 Å². The zero-order valence-corrected chi connectivity index (χ0v) is 12.0. The molecule has 0 saturated carbocycles. The quantitative estimate of drug-likeness (QED) is 0.600. The van der Waals surface area contributed by atoms with Crippen LogP contribution in [0.25, 0.3) is 0 Å². The van der Waals surface area contributed by atoms with E-state index < -0.39 is 23.7 Å². The van der Waals surface area contributed by atoms with Crippen molar-refractivity contribution in [3.8, 4) is 5.75 Å². The van der Waals surface area contributed by atoms with E-state index in [1.54, 1.807) is 0 Å². The minimum Gasteiger partial charge on any atom is -0.547 e. The third-order valence-electron chi connectivity index (χ3n) is 2.69. The Morgan fingerprint density at radius 1 is 1.32 bits per heavy atom. The van der Waals surface area contributed by atoms with Gasteiger partial charge in [0.25, 0.3) is 0 Å². The average molecular weight is 284 g/mol. The second-order valence-electron chi connectivity index (χ2n) is 3.79. The molecule has 0 N–H and O–H groups in total. The number of rotatable bonds is 3. The Balaban J connectivity index is 0.00000180. The molecule has 1 saturated heterocycles. The van der Waals surface area contributed by atoms with Crippen LogP contribution in [-0.2, 0) is 15.1 Å². The normalized spacial score (nSPS) is 22.1. The Labute approximate surface area is 128 Å². The summed E-state index contributed by atoms with van der Waals surface area (Å²) >= 11 is 0. The van der Waals surface area contributed by atoms with Gasteiger partial charge in [0.2, 0.25) is 0 Å². The maximum absolute atomic E-state index is 11.9. The molecule has 1 fully saturated rings. The summed E-state index contributed by atoms with van der Waals surface area (Å²) in [6, 6.07) is 4.51. The van der Waals surface area contributed by atoms with Gasteiger partial charge in [-0.15, -0.1) is 13.2 Å². The van der Waals surface area contributed by atoms with E-state index in [0.717, 1.165) is 12.1 Å². The first-order valence-electron chi connectivity index (χ1n) is 5.05. The Kier molecular flexibility index (Phi) is 4.89. The molecule has 0 radical (unpaired) electrons. The van der Waals surface area contributed by atoms with Crippen molar-refractivity contribution in [2.24, 2.45) is 0 Å². The van der Waals surface area contributed by atoms with E-state index >= 15 is 0 Å². The van der Waals surface area contributed by atoms with Crippen molar-refractivity contribution in [1.82, 2.24) is 0 Å². The zero-order chi connectivity index (χ0) is 13.4. The van der Waals surface area contributed by atoms with E-state index in [0.29, 0.717) is 0 Å². The van der Waals surface area contributed by atoms with Gasteiger partial charge in [0.1, 0.15) is 11.4 Å². The molecule has 1 aromatic carbocycles. The SMILES string of the molecule is O=C([O-])C1(c2ccc(OC(F)(F)F)cc2)CCO1.[Na+]. The van der Waals surface area contributed by atoms with Crippen LogP contribution in [0.3, 0.4) is 0 Å². The van der Waals surface area contributed by atoms with Crippen LogP contribution in [0.4, 0.5) is 13.2 Å². The predicted molar refractivity (Wildman–Crippen MR) is 50.4 cm³/mol. The largest absolute Gasteiger partial charge is 1.00 e. The van der Waals surface area contributed by atoms with Gasteiger partial charge < -0.3 is 19.4 Å². The standard InChI is InChI=1S/C11H9F3O4.Na/c12-11(13,14)18-8-3-1-7(2-4-8)10(9(15)16)5-6-17-10;/h1-4H,5-6H2,(H,15,16);/q;+1/p-1. The Bertz CT molecular complexity index is 454. The van der Waals surface area contributed by atoms with Crippen molar-refractivity contribution in [2.45, 2.75) is 18.4 Å². The average Bonchev–Trinajstić information content (AvgIpc) is 2.15. The van der Waals surface area contributed by atoms with Crippen molar-refractivity contribution in [2.75, 3.05) is 6.61 Å². The van der Waals surface area contributed by atoms with Crippen LogP contribution in [0.2, 0.25) is 0 Å². The van der Waals surface area contributed by atoms with Crippen molar-refractivity contribution in [1.29, 1.82) is 0 Å². The number of halogens is 3. The third-order valence-corrected chi connectivity index (χ3v) is 2.69. The maximum Gasteiger partial charge on any atom is 1.00 e. The van der Waals surface area contributed by atoms with Crippen LogP contribution in [0.15, 0.2) is 24.3 Å². The summed E-state index contributed by atoms with van der Waals surface area (Å²) in [7, 11) is 0. The molecule has 1 heterocycles. The smallest absolute Gasteiger partial charge is 0.547 e. The molecule has 4 nitrogen and oxygen atoms in total. The fraction of sp³-hybridized carbons (Fsp3) is 0.364. The fourth-order valence-corrected chi connectivity index (χ4v) is 1.74. The second kappa shape index (κ2) is 5.70. The Hall–Kier alpha value is -0.760. The molecule has 0 aromatic heterocycles. The molecule has 8 heteroatoms. The van der Waals surface area contributed by atoms with Crippen LogP contribution in [0.5, 0.6) is 5.75 Å². The summed E-state index contributed by atoms with van der Waals surface area (Å²) < 4.78 is 44.5. The molecule has 0 aliphatic carbocycles. The van der Waals surface area contributed by atoms with E-state index in [1.165, 1.54) is 12.1 Å². The summed E-state index contributed by atoms with van der Waals surface area (Å²) in [5, 5.41) is 11.0. The fourth-order valence-electron chi connectivity index (χ4n) is 1.74. The maximum atomic E-state index is 11.9. The Morgan fingerprint density at radius 2 is 1.84 bits per heavy atom. The molecule has 1 atom stereocenters. The first-order chi connectivity index (χ1) is 8.33. The first kappa shape index (κ1) is 16.3. The van der Waals surface area contributed by atoms with Gasteiger partial charge in [-0.25, -0.2) is 0 Å². The van der Waals surface area contributed by atoms with Crippen molar-refractivity contribution in [3.05, 3.63) is 29.8 Å². The zero-order valence-electron chi connectivity index (χ0n) is 9.99. The number of benzene rings is 1.